The Morgan fingerprint density at radius 3 is 2.60 bits per heavy atom. The van der Waals surface area contributed by atoms with E-state index < -0.39 is 10.0 Å². The molecule has 4 N–H and O–H groups in total. The number of rotatable bonds is 7. The van der Waals surface area contributed by atoms with Crippen LogP contribution in [0.3, 0.4) is 0 Å². The molecule has 1 heterocycles. The molecular weight excluding hydrogens is 280 g/mol. The second-order valence-electron chi connectivity index (χ2n) is 4.19. The lowest BCUT2D eigenvalue weighted by Gasteiger charge is -2.06. The van der Waals surface area contributed by atoms with Crippen molar-refractivity contribution in [3.63, 3.8) is 0 Å². The molecule has 2 aromatic rings. The van der Waals surface area contributed by atoms with E-state index in [4.69, 9.17) is 5.73 Å². The van der Waals surface area contributed by atoms with Crippen LogP contribution in [0, 0.1) is 0 Å². The van der Waals surface area contributed by atoms with Crippen molar-refractivity contribution < 1.29 is 8.42 Å². The maximum Gasteiger partial charge on any atom is 0.240 e. The van der Waals surface area contributed by atoms with Gasteiger partial charge in [-0.3, -0.25) is 0 Å². The first-order chi connectivity index (χ1) is 9.62. The molecule has 20 heavy (non-hydrogen) atoms. The zero-order valence-electron chi connectivity index (χ0n) is 10.8. The third kappa shape index (κ3) is 3.83. The Bertz CT molecular complexity index is 623. The van der Waals surface area contributed by atoms with Crippen molar-refractivity contribution in [2.75, 3.05) is 6.54 Å². The highest BCUT2D eigenvalue weighted by atomic mass is 32.2. The number of sulfonamides is 1. The molecule has 9 heteroatoms. The van der Waals surface area contributed by atoms with E-state index in [1.165, 1.54) is 0 Å². The summed E-state index contributed by atoms with van der Waals surface area (Å²) in [5.41, 5.74) is 6.50. The highest BCUT2D eigenvalue weighted by molar-refractivity contribution is 7.89. The van der Waals surface area contributed by atoms with Crippen LogP contribution >= 0.6 is 0 Å². The Labute approximate surface area is 116 Å². The Morgan fingerprint density at radius 2 is 2.00 bits per heavy atom. The van der Waals surface area contributed by atoms with Crippen molar-refractivity contribution in [1.29, 1.82) is 0 Å². The van der Waals surface area contributed by atoms with Gasteiger partial charge in [0.1, 0.15) is 0 Å². The molecule has 0 spiro atoms. The van der Waals surface area contributed by atoms with Crippen LogP contribution in [0.5, 0.6) is 0 Å². The number of nitrogens with two attached hydrogens (primary N) is 1. The molecule has 0 saturated heterocycles. The van der Waals surface area contributed by atoms with Gasteiger partial charge in [-0.15, -0.1) is 10.2 Å². The van der Waals surface area contributed by atoms with Crippen molar-refractivity contribution in [3.8, 4) is 0 Å². The van der Waals surface area contributed by atoms with E-state index in [-0.39, 0.29) is 17.3 Å². The Morgan fingerprint density at radius 1 is 1.25 bits per heavy atom. The first-order valence-corrected chi connectivity index (χ1v) is 7.61. The fourth-order valence-electron chi connectivity index (χ4n) is 1.64. The molecule has 8 nitrogen and oxygen atoms in total. The number of hydrogen-bond acceptors (Lipinski definition) is 6. The third-order valence-electron chi connectivity index (χ3n) is 2.71. The average molecular weight is 296 g/mol. The number of nitrogens with zero attached hydrogens (tertiary/aromatic N) is 3. The predicted octanol–water partition coefficient (Wildman–Crippen LogP) is -0.430. The van der Waals surface area contributed by atoms with Gasteiger partial charge in [0.15, 0.2) is 5.82 Å². The second kappa shape index (κ2) is 6.55. The van der Waals surface area contributed by atoms with Crippen molar-refractivity contribution in [3.05, 3.63) is 35.7 Å². The third-order valence-corrected chi connectivity index (χ3v) is 4.13. The first kappa shape index (κ1) is 14.6. The lowest BCUT2D eigenvalue weighted by molar-refractivity contribution is 0.579. The van der Waals surface area contributed by atoms with Crippen LogP contribution in [0.1, 0.15) is 17.8 Å². The molecule has 0 radical (unpaired) electrons. The van der Waals surface area contributed by atoms with Crippen molar-refractivity contribution in [1.82, 2.24) is 25.3 Å². The van der Waals surface area contributed by atoms with Crippen LogP contribution in [0.2, 0.25) is 0 Å². The summed E-state index contributed by atoms with van der Waals surface area (Å²) in [7, 11) is -3.57. The van der Waals surface area contributed by atoms with Crippen molar-refractivity contribution in [2.45, 2.75) is 24.3 Å². The topological polar surface area (TPSA) is 127 Å². The molecule has 108 valence electrons. The zero-order valence-corrected chi connectivity index (χ0v) is 11.6. The predicted molar refractivity (Wildman–Crippen MR) is 72.0 cm³/mol. The van der Waals surface area contributed by atoms with Gasteiger partial charge in [-0.2, -0.15) is 5.21 Å². The minimum absolute atomic E-state index is 0.00619. The number of aryl methyl sites for hydroxylation is 1. The molecule has 0 amide bonds. The Hall–Kier alpha value is -1.84. The number of tetrazole rings is 1. The van der Waals surface area contributed by atoms with Crippen LogP contribution in [0.4, 0.5) is 0 Å². The lowest BCUT2D eigenvalue weighted by Crippen LogP contribution is -2.23. The van der Waals surface area contributed by atoms with E-state index in [1.807, 2.05) is 0 Å². The molecule has 0 aliphatic heterocycles. The summed E-state index contributed by atoms with van der Waals surface area (Å²) < 4.78 is 26.5. The molecule has 0 aliphatic rings. The van der Waals surface area contributed by atoms with E-state index in [0.29, 0.717) is 6.54 Å². The van der Waals surface area contributed by atoms with Crippen molar-refractivity contribution in [2.24, 2.45) is 5.73 Å². The van der Waals surface area contributed by atoms with Gasteiger partial charge < -0.3 is 5.73 Å². The van der Waals surface area contributed by atoms with Crippen molar-refractivity contribution >= 4 is 10.0 Å². The van der Waals surface area contributed by atoms with Crippen LogP contribution < -0.4 is 10.5 Å². The smallest absolute Gasteiger partial charge is 0.240 e. The van der Waals surface area contributed by atoms with Crippen LogP contribution in [0.15, 0.2) is 29.2 Å². The van der Waals surface area contributed by atoms with E-state index in [9.17, 15) is 8.42 Å². The van der Waals surface area contributed by atoms with E-state index in [2.05, 4.69) is 25.3 Å². The van der Waals surface area contributed by atoms with Crippen LogP contribution in [-0.2, 0) is 23.0 Å². The van der Waals surface area contributed by atoms with Gasteiger partial charge in [-0.1, -0.05) is 17.3 Å². The largest absolute Gasteiger partial charge is 0.330 e. The number of benzene rings is 1. The molecule has 0 bridgehead atoms. The summed E-state index contributed by atoms with van der Waals surface area (Å²) in [6, 6.07) is 6.73. The van der Waals surface area contributed by atoms with Crippen LogP contribution in [-0.4, -0.2) is 35.6 Å². The quantitative estimate of drug-likeness (QED) is 0.636. The maximum atomic E-state index is 12.0. The Balaban J connectivity index is 2.01. The number of nitrogens with one attached hydrogen (secondary N) is 2. The normalized spacial score (nSPS) is 11.7. The van der Waals surface area contributed by atoms with Gasteiger partial charge in [0, 0.05) is 0 Å². The molecule has 0 saturated carbocycles. The minimum atomic E-state index is -3.57. The summed E-state index contributed by atoms with van der Waals surface area (Å²) in [4.78, 5) is 0.206. The summed E-state index contributed by atoms with van der Waals surface area (Å²) in [5.74, 6) is 0.285. The maximum absolute atomic E-state index is 12.0. The molecule has 0 atom stereocenters. The first-order valence-electron chi connectivity index (χ1n) is 6.13. The van der Waals surface area contributed by atoms with Gasteiger partial charge in [0.2, 0.25) is 10.0 Å². The highest BCUT2D eigenvalue weighted by Crippen LogP contribution is 2.11. The molecular formula is C11H16N6O2S. The molecule has 1 aromatic heterocycles. The second-order valence-corrected chi connectivity index (χ2v) is 5.96. The average Bonchev–Trinajstić information content (AvgIpc) is 2.97. The molecule has 0 aliphatic carbocycles. The van der Waals surface area contributed by atoms with E-state index >= 15 is 0 Å². The SMILES string of the molecule is NCCCc1ccc(S(=O)(=O)NCc2nn[nH]n2)cc1. The standard InChI is InChI=1S/C11H16N6O2S/c12-7-1-2-9-3-5-10(6-4-9)20(18,19)13-8-11-14-16-17-15-11/h3-6,13H,1-2,7-8,12H2,(H,14,15,16,17). The van der Waals surface area contributed by atoms with Gasteiger partial charge in [-0.25, -0.2) is 13.1 Å². The summed E-state index contributed by atoms with van der Waals surface area (Å²) in [6.07, 6.45) is 1.72. The van der Waals surface area contributed by atoms with E-state index in [0.717, 1.165) is 18.4 Å². The minimum Gasteiger partial charge on any atom is -0.330 e. The van der Waals surface area contributed by atoms with Crippen LogP contribution in [0.25, 0.3) is 0 Å². The summed E-state index contributed by atoms with van der Waals surface area (Å²) in [5, 5.41) is 13.0. The number of aromatic amines is 1. The lowest BCUT2D eigenvalue weighted by atomic mass is 10.1. The number of hydrogen-bond donors (Lipinski definition) is 3. The molecule has 0 unspecified atom stereocenters. The Kier molecular flexibility index (Phi) is 4.77. The van der Waals surface area contributed by atoms with Gasteiger partial charge in [0.25, 0.3) is 0 Å². The summed E-state index contributed by atoms with van der Waals surface area (Å²) in [6.45, 7) is 0.611. The molecule has 1 aromatic carbocycles. The van der Waals surface area contributed by atoms with Gasteiger partial charge >= 0.3 is 0 Å². The van der Waals surface area contributed by atoms with Gasteiger partial charge in [-0.05, 0) is 37.1 Å². The fourth-order valence-corrected chi connectivity index (χ4v) is 2.62. The fraction of sp³-hybridized carbons (Fsp3) is 0.364. The molecule has 0 fully saturated rings. The number of aromatic nitrogens is 4. The molecule has 2 rings (SSSR count). The monoisotopic (exact) mass is 296 g/mol. The van der Waals surface area contributed by atoms with Gasteiger partial charge in [0.05, 0.1) is 11.4 Å². The summed E-state index contributed by atoms with van der Waals surface area (Å²) >= 11 is 0. The number of H-pyrrole nitrogens is 1. The highest BCUT2D eigenvalue weighted by Gasteiger charge is 2.14. The zero-order chi connectivity index (χ0) is 14.4. The van der Waals surface area contributed by atoms with E-state index in [1.54, 1.807) is 24.3 Å².